The van der Waals surface area contributed by atoms with Crippen molar-refractivity contribution >= 4 is 0 Å². The standard InChI is InChI=1S/C11H16O4/c1-8(14)11(7-13)15-10-5-3-2-4-9(10)6-12/h2-5,8,11-14H,6-7H2,1H3. The average molecular weight is 212 g/mol. The van der Waals surface area contributed by atoms with E-state index in [9.17, 15) is 5.11 Å². The van der Waals surface area contributed by atoms with Crippen LogP contribution in [0.5, 0.6) is 5.75 Å². The predicted molar refractivity (Wildman–Crippen MR) is 55.5 cm³/mol. The Kier molecular flexibility index (Phi) is 4.55. The summed E-state index contributed by atoms with van der Waals surface area (Å²) in [5.41, 5.74) is 0.636. The van der Waals surface area contributed by atoms with E-state index in [1.54, 1.807) is 31.2 Å². The van der Waals surface area contributed by atoms with Gasteiger partial charge in [-0.2, -0.15) is 0 Å². The average Bonchev–Trinajstić information content (AvgIpc) is 2.25. The monoisotopic (exact) mass is 212 g/mol. The molecule has 0 aliphatic rings. The summed E-state index contributed by atoms with van der Waals surface area (Å²) >= 11 is 0. The highest BCUT2D eigenvalue weighted by molar-refractivity contribution is 5.32. The minimum atomic E-state index is -0.762. The van der Waals surface area contributed by atoms with Gasteiger partial charge in [0, 0.05) is 5.56 Å². The highest BCUT2D eigenvalue weighted by atomic mass is 16.5. The summed E-state index contributed by atoms with van der Waals surface area (Å²) in [4.78, 5) is 0. The number of aliphatic hydroxyl groups is 3. The van der Waals surface area contributed by atoms with Gasteiger partial charge in [0.05, 0.1) is 19.3 Å². The molecule has 0 heterocycles. The van der Waals surface area contributed by atoms with Crippen molar-refractivity contribution in [3.63, 3.8) is 0 Å². The predicted octanol–water partition coefficient (Wildman–Crippen LogP) is 0.299. The van der Waals surface area contributed by atoms with Gasteiger partial charge in [0.15, 0.2) is 0 Å². The van der Waals surface area contributed by atoms with Crippen molar-refractivity contribution in [2.24, 2.45) is 0 Å². The van der Waals surface area contributed by atoms with Gasteiger partial charge in [-0.25, -0.2) is 0 Å². The molecule has 0 aromatic heterocycles. The number of rotatable bonds is 5. The van der Waals surface area contributed by atoms with Gasteiger partial charge < -0.3 is 20.1 Å². The third-order valence-electron chi connectivity index (χ3n) is 2.14. The topological polar surface area (TPSA) is 69.9 Å². The summed E-state index contributed by atoms with van der Waals surface area (Å²) in [6.45, 7) is 1.15. The zero-order valence-corrected chi connectivity index (χ0v) is 8.63. The third-order valence-corrected chi connectivity index (χ3v) is 2.14. The summed E-state index contributed by atoms with van der Waals surface area (Å²) < 4.78 is 5.39. The number of benzene rings is 1. The zero-order chi connectivity index (χ0) is 11.3. The summed E-state index contributed by atoms with van der Waals surface area (Å²) in [5, 5.41) is 27.3. The fraction of sp³-hybridized carbons (Fsp3) is 0.455. The molecule has 0 aliphatic heterocycles. The van der Waals surface area contributed by atoms with Crippen LogP contribution < -0.4 is 4.74 Å². The summed E-state index contributed by atoms with van der Waals surface area (Å²) in [5.74, 6) is 0.486. The van der Waals surface area contributed by atoms with Crippen molar-refractivity contribution in [2.45, 2.75) is 25.7 Å². The van der Waals surface area contributed by atoms with Crippen molar-refractivity contribution in [1.82, 2.24) is 0 Å². The molecular formula is C11H16O4. The van der Waals surface area contributed by atoms with Crippen LogP contribution in [0.15, 0.2) is 24.3 Å². The van der Waals surface area contributed by atoms with Crippen LogP contribution in [0.3, 0.4) is 0 Å². The molecule has 15 heavy (non-hydrogen) atoms. The van der Waals surface area contributed by atoms with Crippen LogP contribution in [-0.4, -0.2) is 34.1 Å². The third kappa shape index (κ3) is 3.20. The van der Waals surface area contributed by atoms with Crippen molar-refractivity contribution in [3.8, 4) is 5.75 Å². The van der Waals surface area contributed by atoms with E-state index < -0.39 is 12.2 Å². The van der Waals surface area contributed by atoms with E-state index >= 15 is 0 Å². The molecule has 84 valence electrons. The molecule has 0 spiro atoms. The van der Waals surface area contributed by atoms with Crippen LogP contribution in [-0.2, 0) is 6.61 Å². The molecule has 0 saturated heterocycles. The SMILES string of the molecule is CC(O)C(CO)Oc1ccccc1CO. The van der Waals surface area contributed by atoms with Crippen LogP contribution in [0.4, 0.5) is 0 Å². The van der Waals surface area contributed by atoms with Crippen LogP contribution in [0.2, 0.25) is 0 Å². The molecule has 0 radical (unpaired) electrons. The molecule has 0 saturated carbocycles. The number of ether oxygens (including phenoxy) is 1. The molecule has 2 atom stereocenters. The van der Waals surface area contributed by atoms with Crippen LogP contribution in [0.25, 0.3) is 0 Å². The normalized spacial score (nSPS) is 14.7. The molecule has 4 nitrogen and oxygen atoms in total. The largest absolute Gasteiger partial charge is 0.485 e. The van der Waals surface area contributed by atoms with E-state index in [0.717, 1.165) is 0 Å². The van der Waals surface area contributed by atoms with Gasteiger partial charge in [0.25, 0.3) is 0 Å². The Hall–Kier alpha value is -1.10. The van der Waals surface area contributed by atoms with Gasteiger partial charge in [0.1, 0.15) is 11.9 Å². The van der Waals surface area contributed by atoms with Gasteiger partial charge in [-0.15, -0.1) is 0 Å². The van der Waals surface area contributed by atoms with E-state index in [4.69, 9.17) is 14.9 Å². The zero-order valence-electron chi connectivity index (χ0n) is 8.63. The Morgan fingerprint density at radius 3 is 2.47 bits per heavy atom. The molecule has 0 amide bonds. The minimum Gasteiger partial charge on any atom is -0.485 e. The Morgan fingerprint density at radius 2 is 1.93 bits per heavy atom. The maximum Gasteiger partial charge on any atom is 0.147 e. The minimum absolute atomic E-state index is 0.131. The van der Waals surface area contributed by atoms with Crippen LogP contribution in [0.1, 0.15) is 12.5 Å². The van der Waals surface area contributed by atoms with E-state index in [-0.39, 0.29) is 13.2 Å². The van der Waals surface area contributed by atoms with E-state index in [1.807, 2.05) is 0 Å². The molecule has 0 aliphatic carbocycles. The lowest BCUT2D eigenvalue weighted by molar-refractivity contribution is 0.0109. The number of hydrogen-bond donors (Lipinski definition) is 3. The van der Waals surface area contributed by atoms with E-state index in [2.05, 4.69) is 0 Å². The molecule has 3 N–H and O–H groups in total. The second-order valence-electron chi connectivity index (χ2n) is 3.35. The molecule has 0 bridgehead atoms. The Bertz CT molecular complexity index is 298. The fourth-order valence-electron chi connectivity index (χ4n) is 1.20. The van der Waals surface area contributed by atoms with Crippen LogP contribution in [0, 0.1) is 0 Å². The van der Waals surface area contributed by atoms with E-state index in [1.165, 1.54) is 0 Å². The maximum absolute atomic E-state index is 9.29. The van der Waals surface area contributed by atoms with E-state index in [0.29, 0.717) is 11.3 Å². The summed E-state index contributed by atoms with van der Waals surface area (Å²) in [6.07, 6.45) is -1.43. The number of para-hydroxylation sites is 1. The van der Waals surface area contributed by atoms with Crippen LogP contribution >= 0.6 is 0 Å². The quantitative estimate of drug-likeness (QED) is 0.656. The lowest BCUT2D eigenvalue weighted by atomic mass is 10.2. The lowest BCUT2D eigenvalue weighted by Gasteiger charge is -2.20. The fourth-order valence-corrected chi connectivity index (χ4v) is 1.20. The highest BCUT2D eigenvalue weighted by Crippen LogP contribution is 2.19. The Labute approximate surface area is 88.8 Å². The smallest absolute Gasteiger partial charge is 0.147 e. The first-order valence-electron chi connectivity index (χ1n) is 4.83. The Morgan fingerprint density at radius 1 is 1.27 bits per heavy atom. The molecule has 0 fully saturated rings. The first kappa shape index (κ1) is 12.0. The maximum atomic E-state index is 9.29. The first-order chi connectivity index (χ1) is 7.19. The van der Waals surface area contributed by atoms with Gasteiger partial charge in [-0.3, -0.25) is 0 Å². The summed E-state index contributed by atoms with van der Waals surface area (Å²) in [7, 11) is 0. The number of hydrogen-bond acceptors (Lipinski definition) is 4. The highest BCUT2D eigenvalue weighted by Gasteiger charge is 2.16. The molecule has 1 aromatic rings. The van der Waals surface area contributed by atoms with Crippen molar-refractivity contribution in [1.29, 1.82) is 0 Å². The first-order valence-corrected chi connectivity index (χ1v) is 4.83. The molecule has 4 heteroatoms. The Balaban J connectivity index is 2.78. The van der Waals surface area contributed by atoms with Gasteiger partial charge in [0.2, 0.25) is 0 Å². The lowest BCUT2D eigenvalue weighted by Crippen LogP contribution is -2.33. The summed E-state index contributed by atoms with van der Waals surface area (Å²) in [6, 6.07) is 6.97. The second kappa shape index (κ2) is 5.70. The van der Waals surface area contributed by atoms with Gasteiger partial charge in [-0.05, 0) is 13.0 Å². The molecule has 1 rings (SSSR count). The second-order valence-corrected chi connectivity index (χ2v) is 3.35. The molecule has 2 unspecified atom stereocenters. The van der Waals surface area contributed by atoms with Gasteiger partial charge in [-0.1, -0.05) is 18.2 Å². The van der Waals surface area contributed by atoms with Crippen molar-refractivity contribution < 1.29 is 20.1 Å². The van der Waals surface area contributed by atoms with Crippen molar-refractivity contribution in [2.75, 3.05) is 6.61 Å². The molecular weight excluding hydrogens is 196 g/mol. The van der Waals surface area contributed by atoms with Crippen molar-refractivity contribution in [3.05, 3.63) is 29.8 Å². The number of aliphatic hydroxyl groups excluding tert-OH is 3. The van der Waals surface area contributed by atoms with Gasteiger partial charge >= 0.3 is 0 Å². The molecule has 1 aromatic carbocycles.